The van der Waals surface area contributed by atoms with Gasteiger partial charge in [0.2, 0.25) is 0 Å². The summed E-state index contributed by atoms with van der Waals surface area (Å²) < 4.78 is 224. The van der Waals surface area contributed by atoms with Gasteiger partial charge in [0, 0.05) is 18.6 Å². The van der Waals surface area contributed by atoms with E-state index >= 15 is 0 Å². The molecule has 0 radical (unpaired) electrons. The van der Waals surface area contributed by atoms with E-state index < -0.39 is 102 Å². The third-order valence-corrected chi connectivity index (χ3v) is 5.67. The lowest BCUT2D eigenvalue weighted by molar-refractivity contribution is -0.458. The first-order valence-corrected chi connectivity index (χ1v) is 10.3. The molecule has 0 fully saturated rings. The number of Topliss-reactive ketones (excluding diaryl/α,β-unsaturated/α-hetero) is 1. The standard InChI is InChI=1S/C16H14F17NO3S/c17-9(18,11(21,22)13(25,26)15(29,30)31)10(19,20)12(23,24)14(27,28)16(32,33)38-5-4-7(35)6(34)2-1-3-8(36)37/h6H,1-5,34H2,(H,36,37). The van der Waals surface area contributed by atoms with Crippen molar-refractivity contribution in [3.05, 3.63) is 0 Å². The number of thioether (sulfide) groups is 1. The van der Waals surface area contributed by atoms with Crippen LogP contribution in [0.25, 0.3) is 0 Å². The van der Waals surface area contributed by atoms with Crippen LogP contribution in [0.2, 0.25) is 0 Å². The Morgan fingerprint density at radius 3 is 1.37 bits per heavy atom. The van der Waals surface area contributed by atoms with Gasteiger partial charge in [-0.1, -0.05) is 11.8 Å². The van der Waals surface area contributed by atoms with Crippen LogP contribution in [0.4, 0.5) is 74.6 Å². The number of alkyl halides is 17. The summed E-state index contributed by atoms with van der Waals surface area (Å²) in [6.45, 7) is 0. The van der Waals surface area contributed by atoms with Crippen LogP contribution in [0.1, 0.15) is 25.7 Å². The zero-order valence-corrected chi connectivity index (χ0v) is 18.6. The largest absolute Gasteiger partial charge is 0.481 e. The van der Waals surface area contributed by atoms with Gasteiger partial charge in [0.05, 0.1) is 6.04 Å². The fraction of sp³-hybridized carbons (Fsp3) is 0.875. The summed E-state index contributed by atoms with van der Waals surface area (Å²) in [5.41, 5.74) is 5.22. The van der Waals surface area contributed by atoms with Crippen molar-refractivity contribution < 1.29 is 89.3 Å². The number of halogens is 17. The highest BCUT2D eigenvalue weighted by Crippen LogP contribution is 2.64. The zero-order chi connectivity index (χ0) is 31.0. The van der Waals surface area contributed by atoms with E-state index in [1.807, 2.05) is 0 Å². The average Bonchev–Trinajstić information content (AvgIpc) is 2.71. The topological polar surface area (TPSA) is 80.4 Å². The highest BCUT2D eigenvalue weighted by atomic mass is 32.2. The first-order chi connectivity index (χ1) is 16.5. The molecule has 0 saturated carbocycles. The Labute approximate surface area is 204 Å². The Morgan fingerprint density at radius 1 is 0.632 bits per heavy atom. The SMILES string of the molecule is NC(CCCC(=O)O)C(=O)CCSC(F)(F)C(F)(F)C(F)(F)C(F)(F)C(F)(F)C(F)(F)C(F)(F)C(F)(F)F. The summed E-state index contributed by atoms with van der Waals surface area (Å²) in [7, 11) is 0. The normalized spacial score (nSPS) is 15.9. The molecule has 0 spiro atoms. The monoisotopic (exact) mass is 623 g/mol. The summed E-state index contributed by atoms with van der Waals surface area (Å²) in [5.74, 6) is -54.7. The van der Waals surface area contributed by atoms with Crippen LogP contribution >= 0.6 is 11.8 Å². The third kappa shape index (κ3) is 6.19. The Balaban J connectivity index is 5.95. The molecule has 0 aliphatic carbocycles. The molecule has 38 heavy (non-hydrogen) atoms. The van der Waals surface area contributed by atoms with Gasteiger partial charge in [0.25, 0.3) is 0 Å². The molecule has 0 bridgehead atoms. The van der Waals surface area contributed by atoms with Crippen molar-refractivity contribution in [2.45, 2.75) is 78.7 Å². The van der Waals surface area contributed by atoms with Gasteiger partial charge >= 0.3 is 52.9 Å². The van der Waals surface area contributed by atoms with Crippen molar-refractivity contribution in [2.24, 2.45) is 5.73 Å². The van der Waals surface area contributed by atoms with Gasteiger partial charge in [-0.05, 0) is 12.8 Å². The Kier molecular flexibility index (Phi) is 10.5. The van der Waals surface area contributed by atoms with Crippen LogP contribution < -0.4 is 5.73 Å². The van der Waals surface area contributed by atoms with E-state index in [0.29, 0.717) is 0 Å². The Morgan fingerprint density at radius 2 is 1.00 bits per heavy atom. The highest BCUT2D eigenvalue weighted by molar-refractivity contribution is 8.00. The number of aliphatic carboxylic acids is 1. The second-order valence-corrected chi connectivity index (χ2v) is 8.63. The molecule has 3 N–H and O–H groups in total. The smallest absolute Gasteiger partial charge is 0.460 e. The molecular formula is C16H14F17NO3S. The van der Waals surface area contributed by atoms with Crippen LogP contribution in [0.3, 0.4) is 0 Å². The number of carboxylic acids is 1. The molecule has 0 aromatic carbocycles. The van der Waals surface area contributed by atoms with Gasteiger partial charge in [-0.2, -0.15) is 74.6 Å². The molecule has 0 aliphatic heterocycles. The maximum atomic E-state index is 13.7. The molecule has 1 unspecified atom stereocenters. The van der Waals surface area contributed by atoms with Crippen molar-refractivity contribution in [3.8, 4) is 0 Å². The molecule has 0 rings (SSSR count). The maximum Gasteiger partial charge on any atom is 0.460 e. The molecule has 0 amide bonds. The quantitative estimate of drug-likeness (QED) is 0.212. The second-order valence-electron chi connectivity index (χ2n) is 7.42. The van der Waals surface area contributed by atoms with Gasteiger partial charge in [-0.3, -0.25) is 9.59 Å². The van der Waals surface area contributed by atoms with Crippen molar-refractivity contribution in [3.63, 3.8) is 0 Å². The lowest BCUT2D eigenvalue weighted by Crippen LogP contribution is -2.74. The minimum atomic E-state index is -8.70. The van der Waals surface area contributed by atoms with Gasteiger partial charge in [0.15, 0.2) is 0 Å². The van der Waals surface area contributed by atoms with Crippen molar-refractivity contribution in [2.75, 3.05) is 5.75 Å². The van der Waals surface area contributed by atoms with Crippen LogP contribution in [-0.4, -0.2) is 75.6 Å². The van der Waals surface area contributed by atoms with E-state index in [0.717, 1.165) is 0 Å². The molecule has 0 aromatic rings. The van der Waals surface area contributed by atoms with Gasteiger partial charge in [-0.25, -0.2) is 0 Å². The molecule has 0 aliphatic rings. The molecule has 0 saturated heterocycles. The zero-order valence-electron chi connectivity index (χ0n) is 17.8. The fourth-order valence-electron chi connectivity index (χ4n) is 2.34. The van der Waals surface area contributed by atoms with E-state index in [4.69, 9.17) is 10.8 Å². The second kappa shape index (κ2) is 11.0. The number of carbonyl (C=O) groups is 2. The van der Waals surface area contributed by atoms with Gasteiger partial charge < -0.3 is 10.8 Å². The first kappa shape index (κ1) is 36.3. The highest BCUT2D eigenvalue weighted by Gasteiger charge is 2.95. The summed E-state index contributed by atoms with van der Waals surface area (Å²) in [6.07, 6.45) is -10.4. The Bertz CT molecular complexity index is 859. The molecule has 22 heteroatoms. The minimum Gasteiger partial charge on any atom is -0.481 e. The summed E-state index contributed by atoms with van der Waals surface area (Å²) >= 11 is -1.80. The number of rotatable bonds is 15. The van der Waals surface area contributed by atoms with Crippen LogP contribution in [0.15, 0.2) is 0 Å². The molecule has 1 atom stereocenters. The molecule has 226 valence electrons. The summed E-state index contributed by atoms with van der Waals surface area (Å²) in [4.78, 5) is 21.9. The number of carboxylic acid groups (broad SMARTS) is 1. The molecular weight excluding hydrogens is 609 g/mol. The minimum absolute atomic E-state index is 0.267. The lowest BCUT2D eigenvalue weighted by Gasteiger charge is -2.42. The third-order valence-electron chi connectivity index (χ3n) is 4.64. The van der Waals surface area contributed by atoms with E-state index in [1.54, 1.807) is 0 Å². The fourth-order valence-corrected chi connectivity index (χ4v) is 3.21. The van der Waals surface area contributed by atoms with Crippen molar-refractivity contribution in [1.29, 1.82) is 0 Å². The Hall–Kier alpha value is -1.74. The average molecular weight is 623 g/mol. The number of hydrogen-bond acceptors (Lipinski definition) is 4. The molecule has 0 aromatic heterocycles. The maximum absolute atomic E-state index is 13.7. The van der Waals surface area contributed by atoms with Crippen LogP contribution in [0, 0.1) is 0 Å². The molecule has 0 heterocycles. The van der Waals surface area contributed by atoms with Crippen molar-refractivity contribution in [1.82, 2.24) is 0 Å². The number of carbonyl (C=O) groups excluding carboxylic acids is 1. The first-order valence-electron chi connectivity index (χ1n) is 9.32. The predicted molar refractivity (Wildman–Crippen MR) is 92.2 cm³/mol. The van der Waals surface area contributed by atoms with E-state index in [2.05, 4.69) is 0 Å². The van der Waals surface area contributed by atoms with Crippen LogP contribution in [-0.2, 0) is 9.59 Å². The number of hydrogen-bond donors (Lipinski definition) is 2. The number of ketones is 1. The van der Waals surface area contributed by atoms with E-state index in [9.17, 15) is 84.2 Å². The summed E-state index contributed by atoms with van der Waals surface area (Å²) in [5, 5.41) is 1.74. The van der Waals surface area contributed by atoms with Crippen LogP contribution in [0.5, 0.6) is 0 Å². The lowest BCUT2D eigenvalue weighted by atomic mass is 9.91. The predicted octanol–water partition coefficient (Wildman–Crippen LogP) is 6.23. The van der Waals surface area contributed by atoms with Gasteiger partial charge in [0.1, 0.15) is 5.78 Å². The van der Waals surface area contributed by atoms with E-state index in [1.165, 1.54) is 0 Å². The number of nitrogens with two attached hydrogens (primary N) is 1. The van der Waals surface area contributed by atoms with Crippen molar-refractivity contribution >= 4 is 23.5 Å². The molecule has 4 nitrogen and oxygen atoms in total. The summed E-state index contributed by atoms with van der Waals surface area (Å²) in [6, 6.07) is -1.62. The van der Waals surface area contributed by atoms with Gasteiger partial charge in [-0.15, -0.1) is 0 Å². The van der Waals surface area contributed by atoms with E-state index in [-0.39, 0.29) is 6.42 Å².